The minimum absolute atomic E-state index is 0.355. The fraction of sp³-hybridized carbons (Fsp3) is 0.500. The monoisotopic (exact) mass is 167 g/mol. The number of nitrogen functional groups attached to an aromatic ring is 1. The van der Waals surface area contributed by atoms with Crippen molar-refractivity contribution in [3.63, 3.8) is 0 Å². The highest BCUT2D eigenvalue weighted by molar-refractivity contribution is 5.43. The van der Waals surface area contributed by atoms with Crippen LogP contribution in [0.1, 0.15) is 19.8 Å². The summed E-state index contributed by atoms with van der Waals surface area (Å²) in [6, 6.07) is 1.72. The molecule has 0 radical (unpaired) electrons. The molecule has 0 unspecified atom stereocenters. The van der Waals surface area contributed by atoms with E-state index in [4.69, 9.17) is 10.5 Å². The normalized spacial score (nSPS) is 9.75. The van der Waals surface area contributed by atoms with Gasteiger partial charge in [0, 0.05) is 6.07 Å². The van der Waals surface area contributed by atoms with Crippen molar-refractivity contribution in [2.45, 2.75) is 19.8 Å². The first kappa shape index (κ1) is 8.77. The molecule has 1 heterocycles. The zero-order valence-electron chi connectivity index (χ0n) is 7.16. The van der Waals surface area contributed by atoms with Crippen LogP contribution in [0.3, 0.4) is 0 Å². The van der Waals surface area contributed by atoms with Gasteiger partial charge in [0.05, 0.1) is 12.8 Å². The van der Waals surface area contributed by atoms with Gasteiger partial charge in [-0.2, -0.15) is 5.10 Å². The number of nitrogens with two attached hydrogens (primary N) is 1. The molecule has 0 aliphatic heterocycles. The van der Waals surface area contributed by atoms with E-state index in [1.165, 1.54) is 0 Å². The number of aromatic nitrogens is 2. The van der Waals surface area contributed by atoms with Gasteiger partial charge in [0.2, 0.25) is 0 Å². The van der Waals surface area contributed by atoms with Crippen LogP contribution in [0.15, 0.2) is 12.3 Å². The number of anilines is 1. The van der Waals surface area contributed by atoms with Gasteiger partial charge in [0.15, 0.2) is 11.6 Å². The summed E-state index contributed by atoms with van der Waals surface area (Å²) in [7, 11) is 0. The summed E-state index contributed by atoms with van der Waals surface area (Å²) in [5.74, 6) is 0.979. The Morgan fingerprint density at radius 1 is 1.58 bits per heavy atom. The van der Waals surface area contributed by atoms with Crippen LogP contribution in [-0.2, 0) is 0 Å². The summed E-state index contributed by atoms with van der Waals surface area (Å²) in [5, 5.41) is 7.28. The van der Waals surface area contributed by atoms with Gasteiger partial charge in [-0.15, -0.1) is 5.10 Å². The number of unbranched alkanes of at least 4 members (excludes halogenated alkanes) is 1. The van der Waals surface area contributed by atoms with Crippen molar-refractivity contribution < 1.29 is 4.74 Å². The number of nitrogens with zero attached hydrogens (tertiary/aromatic N) is 2. The van der Waals surface area contributed by atoms with Crippen LogP contribution < -0.4 is 10.5 Å². The first-order valence-corrected chi connectivity index (χ1v) is 4.04. The van der Waals surface area contributed by atoms with Gasteiger partial charge >= 0.3 is 0 Å². The zero-order valence-corrected chi connectivity index (χ0v) is 7.16. The molecule has 0 amide bonds. The van der Waals surface area contributed by atoms with Gasteiger partial charge in [-0.05, 0) is 6.42 Å². The summed E-state index contributed by atoms with van der Waals surface area (Å²) < 4.78 is 5.35. The Bertz CT molecular complexity index is 239. The Balaban J connectivity index is 2.46. The highest BCUT2D eigenvalue weighted by Crippen LogP contribution is 2.15. The van der Waals surface area contributed by atoms with Gasteiger partial charge in [0.1, 0.15) is 0 Å². The molecule has 66 valence electrons. The Morgan fingerprint density at radius 3 is 3.08 bits per heavy atom. The van der Waals surface area contributed by atoms with E-state index in [0.29, 0.717) is 18.2 Å². The molecule has 1 aromatic heterocycles. The molecule has 0 aliphatic carbocycles. The third-order valence-electron chi connectivity index (χ3n) is 1.47. The van der Waals surface area contributed by atoms with Crippen LogP contribution in [0, 0.1) is 0 Å². The molecule has 1 rings (SSSR count). The van der Waals surface area contributed by atoms with Crippen LogP contribution >= 0.6 is 0 Å². The van der Waals surface area contributed by atoms with Crippen molar-refractivity contribution in [3.8, 4) is 5.75 Å². The van der Waals surface area contributed by atoms with E-state index in [1.807, 2.05) is 0 Å². The van der Waals surface area contributed by atoms with Crippen molar-refractivity contribution in [2.24, 2.45) is 0 Å². The molecule has 0 aromatic carbocycles. The summed E-state index contributed by atoms with van der Waals surface area (Å²) in [6.07, 6.45) is 3.71. The third-order valence-corrected chi connectivity index (χ3v) is 1.47. The molecular weight excluding hydrogens is 154 g/mol. The lowest BCUT2D eigenvalue weighted by Gasteiger charge is -2.05. The first-order valence-electron chi connectivity index (χ1n) is 4.04. The third kappa shape index (κ3) is 2.38. The van der Waals surface area contributed by atoms with E-state index in [9.17, 15) is 0 Å². The number of hydrogen-bond acceptors (Lipinski definition) is 4. The molecule has 4 heteroatoms. The maximum atomic E-state index is 5.50. The summed E-state index contributed by atoms with van der Waals surface area (Å²) in [6.45, 7) is 2.80. The number of rotatable bonds is 4. The standard InChI is InChI=1S/C8H13N3O/c1-2-3-6-12-7-4-5-10-11-8(7)9/h4-5H,2-3,6H2,1H3,(H2,9,11). The fourth-order valence-corrected chi connectivity index (χ4v) is 0.780. The molecule has 0 saturated heterocycles. The Kier molecular flexibility index (Phi) is 3.32. The molecule has 0 atom stereocenters. The summed E-state index contributed by atoms with van der Waals surface area (Å²) in [4.78, 5) is 0. The van der Waals surface area contributed by atoms with Crippen molar-refractivity contribution in [1.29, 1.82) is 0 Å². The maximum absolute atomic E-state index is 5.50. The molecule has 0 saturated carbocycles. The van der Waals surface area contributed by atoms with E-state index < -0.39 is 0 Å². The number of ether oxygens (including phenoxy) is 1. The molecule has 0 spiro atoms. The van der Waals surface area contributed by atoms with Crippen molar-refractivity contribution >= 4 is 5.82 Å². The Labute approximate surface area is 71.8 Å². The van der Waals surface area contributed by atoms with E-state index >= 15 is 0 Å². The Morgan fingerprint density at radius 2 is 2.42 bits per heavy atom. The second-order valence-corrected chi connectivity index (χ2v) is 2.48. The van der Waals surface area contributed by atoms with Crippen LogP contribution in [0.2, 0.25) is 0 Å². The quantitative estimate of drug-likeness (QED) is 0.685. The van der Waals surface area contributed by atoms with Gasteiger partial charge in [0.25, 0.3) is 0 Å². The summed E-state index contributed by atoms with van der Waals surface area (Å²) in [5.41, 5.74) is 5.50. The molecule has 12 heavy (non-hydrogen) atoms. The predicted octanol–water partition coefficient (Wildman–Crippen LogP) is 1.24. The van der Waals surface area contributed by atoms with Crippen LogP contribution in [-0.4, -0.2) is 16.8 Å². The minimum atomic E-state index is 0.355. The summed E-state index contributed by atoms with van der Waals surface area (Å²) >= 11 is 0. The van der Waals surface area contributed by atoms with E-state index in [1.54, 1.807) is 12.3 Å². The molecule has 0 aliphatic rings. The molecule has 4 nitrogen and oxygen atoms in total. The van der Waals surface area contributed by atoms with E-state index in [2.05, 4.69) is 17.1 Å². The SMILES string of the molecule is CCCCOc1ccnnc1N. The highest BCUT2D eigenvalue weighted by atomic mass is 16.5. The van der Waals surface area contributed by atoms with Gasteiger partial charge in [-0.3, -0.25) is 0 Å². The van der Waals surface area contributed by atoms with Crippen LogP contribution in [0.4, 0.5) is 5.82 Å². The number of hydrogen-bond donors (Lipinski definition) is 1. The molecule has 1 aromatic rings. The van der Waals surface area contributed by atoms with Gasteiger partial charge < -0.3 is 10.5 Å². The molecular formula is C8H13N3O. The highest BCUT2D eigenvalue weighted by Gasteiger charge is 1.98. The van der Waals surface area contributed by atoms with Gasteiger partial charge in [-0.1, -0.05) is 13.3 Å². The smallest absolute Gasteiger partial charge is 0.188 e. The average molecular weight is 167 g/mol. The fourth-order valence-electron chi connectivity index (χ4n) is 0.780. The Hall–Kier alpha value is -1.32. The first-order chi connectivity index (χ1) is 5.84. The largest absolute Gasteiger partial charge is 0.490 e. The van der Waals surface area contributed by atoms with Crippen LogP contribution in [0.5, 0.6) is 5.75 Å². The molecule has 2 N–H and O–H groups in total. The van der Waals surface area contributed by atoms with Gasteiger partial charge in [-0.25, -0.2) is 0 Å². The maximum Gasteiger partial charge on any atom is 0.188 e. The minimum Gasteiger partial charge on any atom is -0.490 e. The second-order valence-electron chi connectivity index (χ2n) is 2.48. The topological polar surface area (TPSA) is 61.0 Å². The lowest BCUT2D eigenvalue weighted by atomic mass is 10.4. The predicted molar refractivity (Wildman–Crippen MR) is 46.8 cm³/mol. The van der Waals surface area contributed by atoms with Crippen molar-refractivity contribution in [3.05, 3.63) is 12.3 Å². The molecule has 0 bridgehead atoms. The lowest BCUT2D eigenvalue weighted by Crippen LogP contribution is -2.01. The lowest BCUT2D eigenvalue weighted by molar-refractivity contribution is 0.309. The van der Waals surface area contributed by atoms with Crippen molar-refractivity contribution in [2.75, 3.05) is 12.3 Å². The van der Waals surface area contributed by atoms with Crippen LogP contribution in [0.25, 0.3) is 0 Å². The van der Waals surface area contributed by atoms with E-state index in [0.717, 1.165) is 12.8 Å². The zero-order chi connectivity index (χ0) is 8.81. The van der Waals surface area contributed by atoms with Crippen molar-refractivity contribution in [1.82, 2.24) is 10.2 Å². The molecule has 0 fully saturated rings. The van der Waals surface area contributed by atoms with E-state index in [-0.39, 0.29) is 0 Å². The average Bonchev–Trinajstić information content (AvgIpc) is 2.09. The second kappa shape index (κ2) is 4.54.